The maximum atomic E-state index is 12.2. The summed E-state index contributed by atoms with van der Waals surface area (Å²) in [5.74, 6) is -0.618. The molecular weight excluding hydrogens is 348 g/mol. The zero-order chi connectivity index (χ0) is 16.3. The van der Waals surface area contributed by atoms with Gasteiger partial charge in [0.1, 0.15) is 0 Å². The molecule has 5 nitrogen and oxygen atoms in total. The molecule has 118 valence electrons. The second-order valence-corrected chi connectivity index (χ2v) is 6.35. The number of hydrogen-bond acceptors (Lipinski definition) is 3. The van der Waals surface area contributed by atoms with Crippen LogP contribution < -0.4 is 5.32 Å². The molecule has 1 heterocycles. The smallest absolute Gasteiger partial charge is 0.261 e. The molecule has 1 aliphatic heterocycles. The van der Waals surface area contributed by atoms with Crippen molar-refractivity contribution in [3.8, 4) is 0 Å². The van der Waals surface area contributed by atoms with Crippen molar-refractivity contribution in [3.63, 3.8) is 0 Å². The molecule has 0 bridgehead atoms. The molecule has 2 rings (SSSR count). The SMILES string of the molecule is CCC(C)NC(=O)CCCN1C(=O)c2ccc(Br)cc2C1=O. The highest BCUT2D eigenvalue weighted by Crippen LogP contribution is 2.26. The van der Waals surface area contributed by atoms with Crippen molar-refractivity contribution in [3.05, 3.63) is 33.8 Å². The molecule has 0 fully saturated rings. The minimum absolute atomic E-state index is 0.0475. The van der Waals surface area contributed by atoms with E-state index in [9.17, 15) is 14.4 Å². The van der Waals surface area contributed by atoms with Crippen LogP contribution in [0.2, 0.25) is 0 Å². The van der Waals surface area contributed by atoms with Gasteiger partial charge in [0.05, 0.1) is 11.1 Å². The summed E-state index contributed by atoms with van der Waals surface area (Å²) in [5, 5.41) is 2.87. The lowest BCUT2D eigenvalue weighted by Gasteiger charge is -2.14. The van der Waals surface area contributed by atoms with Crippen molar-refractivity contribution in [2.45, 2.75) is 39.2 Å². The van der Waals surface area contributed by atoms with E-state index in [1.165, 1.54) is 4.90 Å². The monoisotopic (exact) mass is 366 g/mol. The second-order valence-electron chi connectivity index (χ2n) is 5.43. The average molecular weight is 367 g/mol. The highest BCUT2D eigenvalue weighted by Gasteiger charge is 2.35. The first-order chi connectivity index (χ1) is 10.4. The fraction of sp³-hybridized carbons (Fsp3) is 0.438. The van der Waals surface area contributed by atoms with Crippen LogP contribution in [-0.4, -0.2) is 35.2 Å². The highest BCUT2D eigenvalue weighted by atomic mass is 79.9. The first kappa shape index (κ1) is 16.7. The van der Waals surface area contributed by atoms with E-state index in [0.717, 1.165) is 10.9 Å². The van der Waals surface area contributed by atoms with Gasteiger partial charge in [0.15, 0.2) is 0 Å². The number of rotatable bonds is 6. The summed E-state index contributed by atoms with van der Waals surface area (Å²) in [4.78, 5) is 37.4. The third-order valence-corrected chi connectivity index (χ3v) is 4.23. The van der Waals surface area contributed by atoms with E-state index in [1.807, 2.05) is 13.8 Å². The molecule has 0 aromatic heterocycles. The number of amides is 3. The lowest BCUT2D eigenvalue weighted by atomic mass is 10.1. The molecule has 0 saturated carbocycles. The Morgan fingerprint density at radius 3 is 2.64 bits per heavy atom. The summed E-state index contributed by atoms with van der Waals surface area (Å²) in [6.45, 7) is 4.21. The van der Waals surface area contributed by atoms with E-state index in [2.05, 4.69) is 21.2 Å². The largest absolute Gasteiger partial charge is 0.354 e. The lowest BCUT2D eigenvalue weighted by molar-refractivity contribution is -0.121. The van der Waals surface area contributed by atoms with E-state index in [4.69, 9.17) is 0 Å². The minimum atomic E-state index is -0.288. The van der Waals surface area contributed by atoms with Crippen LogP contribution in [0.5, 0.6) is 0 Å². The number of nitrogens with zero attached hydrogens (tertiary/aromatic N) is 1. The fourth-order valence-electron chi connectivity index (χ4n) is 2.31. The third-order valence-electron chi connectivity index (χ3n) is 3.74. The maximum Gasteiger partial charge on any atom is 0.261 e. The maximum absolute atomic E-state index is 12.2. The quantitative estimate of drug-likeness (QED) is 0.787. The van der Waals surface area contributed by atoms with Gasteiger partial charge in [0.25, 0.3) is 11.8 Å². The van der Waals surface area contributed by atoms with Crippen LogP contribution in [-0.2, 0) is 4.79 Å². The van der Waals surface area contributed by atoms with Crippen molar-refractivity contribution in [2.75, 3.05) is 6.54 Å². The molecule has 0 radical (unpaired) electrons. The van der Waals surface area contributed by atoms with Gasteiger partial charge < -0.3 is 5.32 Å². The number of benzene rings is 1. The van der Waals surface area contributed by atoms with Crippen LogP contribution in [0.1, 0.15) is 53.8 Å². The number of hydrogen-bond donors (Lipinski definition) is 1. The molecule has 22 heavy (non-hydrogen) atoms. The van der Waals surface area contributed by atoms with E-state index in [-0.39, 0.29) is 30.3 Å². The van der Waals surface area contributed by atoms with Crippen molar-refractivity contribution in [1.82, 2.24) is 10.2 Å². The summed E-state index contributed by atoms with van der Waals surface area (Å²) in [5.41, 5.74) is 0.848. The summed E-state index contributed by atoms with van der Waals surface area (Å²) in [6, 6.07) is 5.19. The van der Waals surface area contributed by atoms with Gasteiger partial charge in [-0.25, -0.2) is 0 Å². The van der Waals surface area contributed by atoms with Crippen LogP contribution in [0.4, 0.5) is 0 Å². The Balaban J connectivity index is 1.91. The van der Waals surface area contributed by atoms with E-state index >= 15 is 0 Å². The molecule has 0 saturated heterocycles. The molecule has 1 aliphatic rings. The molecule has 0 aliphatic carbocycles. The van der Waals surface area contributed by atoms with E-state index < -0.39 is 0 Å². The zero-order valence-corrected chi connectivity index (χ0v) is 14.3. The van der Waals surface area contributed by atoms with E-state index in [0.29, 0.717) is 24.0 Å². The van der Waals surface area contributed by atoms with Crippen molar-refractivity contribution >= 4 is 33.7 Å². The molecule has 1 atom stereocenters. The van der Waals surface area contributed by atoms with Gasteiger partial charge in [-0.3, -0.25) is 19.3 Å². The lowest BCUT2D eigenvalue weighted by Crippen LogP contribution is -2.34. The minimum Gasteiger partial charge on any atom is -0.354 e. The summed E-state index contributed by atoms with van der Waals surface area (Å²) >= 11 is 3.30. The van der Waals surface area contributed by atoms with Crippen LogP contribution in [0, 0.1) is 0 Å². The van der Waals surface area contributed by atoms with Crippen LogP contribution in [0.15, 0.2) is 22.7 Å². The molecule has 6 heteroatoms. The molecule has 1 aromatic carbocycles. The molecule has 0 spiro atoms. The number of imide groups is 1. The Morgan fingerprint density at radius 1 is 1.27 bits per heavy atom. The second kappa shape index (κ2) is 7.05. The molecular formula is C16H19BrN2O3. The molecule has 1 N–H and O–H groups in total. The van der Waals surface area contributed by atoms with Gasteiger partial charge in [-0.1, -0.05) is 22.9 Å². The van der Waals surface area contributed by atoms with Gasteiger partial charge in [-0.2, -0.15) is 0 Å². The van der Waals surface area contributed by atoms with Crippen LogP contribution in [0.3, 0.4) is 0 Å². The normalized spacial score (nSPS) is 15.0. The fourth-order valence-corrected chi connectivity index (χ4v) is 2.67. The Labute approximate surface area is 138 Å². The summed E-state index contributed by atoms with van der Waals surface area (Å²) < 4.78 is 0.766. The number of fused-ring (bicyclic) bond motifs is 1. The van der Waals surface area contributed by atoms with Crippen molar-refractivity contribution in [2.24, 2.45) is 0 Å². The molecule has 1 aromatic rings. The Bertz CT molecular complexity index is 615. The number of nitrogens with one attached hydrogen (secondary N) is 1. The third kappa shape index (κ3) is 3.55. The van der Waals surface area contributed by atoms with Gasteiger partial charge in [0, 0.05) is 23.5 Å². The first-order valence-electron chi connectivity index (χ1n) is 7.39. The summed E-state index contributed by atoms with van der Waals surface area (Å²) in [6.07, 6.45) is 1.65. The number of carbonyl (C=O) groups excluding carboxylic acids is 3. The Hall–Kier alpha value is -1.69. The van der Waals surface area contributed by atoms with Gasteiger partial charge in [-0.15, -0.1) is 0 Å². The van der Waals surface area contributed by atoms with Gasteiger partial charge in [0.2, 0.25) is 5.91 Å². The first-order valence-corrected chi connectivity index (χ1v) is 8.18. The average Bonchev–Trinajstić information content (AvgIpc) is 2.71. The predicted octanol–water partition coefficient (Wildman–Crippen LogP) is 2.74. The van der Waals surface area contributed by atoms with Gasteiger partial charge in [-0.05, 0) is 38.0 Å². The predicted molar refractivity (Wildman–Crippen MR) is 86.6 cm³/mol. The van der Waals surface area contributed by atoms with Crippen molar-refractivity contribution < 1.29 is 14.4 Å². The highest BCUT2D eigenvalue weighted by molar-refractivity contribution is 9.10. The van der Waals surface area contributed by atoms with Gasteiger partial charge >= 0.3 is 0 Å². The Morgan fingerprint density at radius 2 is 1.95 bits per heavy atom. The molecule has 1 unspecified atom stereocenters. The van der Waals surface area contributed by atoms with Crippen molar-refractivity contribution in [1.29, 1.82) is 0 Å². The van der Waals surface area contributed by atoms with Crippen LogP contribution in [0.25, 0.3) is 0 Å². The van der Waals surface area contributed by atoms with E-state index in [1.54, 1.807) is 18.2 Å². The summed E-state index contributed by atoms with van der Waals surface area (Å²) in [7, 11) is 0. The molecule has 3 amide bonds. The number of halogens is 1. The standard InChI is InChI=1S/C16H19BrN2O3/c1-3-10(2)18-14(20)5-4-8-19-15(21)12-7-6-11(17)9-13(12)16(19)22/h6-7,9-10H,3-5,8H2,1-2H3,(H,18,20). The zero-order valence-electron chi connectivity index (χ0n) is 12.7. The number of carbonyl (C=O) groups is 3. The van der Waals surface area contributed by atoms with Crippen LogP contribution >= 0.6 is 15.9 Å². The topological polar surface area (TPSA) is 66.5 Å². The Kier molecular flexibility index (Phi) is 5.34.